The number of methoxy groups -OCH3 is 2. The average Bonchev–Trinajstić information content (AvgIpc) is 3.22. The van der Waals surface area contributed by atoms with Gasteiger partial charge in [0.05, 0.1) is 19.9 Å². The van der Waals surface area contributed by atoms with Gasteiger partial charge in [0, 0.05) is 22.5 Å². The second-order valence-corrected chi connectivity index (χ2v) is 8.73. The number of aromatic amines is 1. The molecule has 2 heterocycles. The van der Waals surface area contributed by atoms with Crippen LogP contribution in [-0.4, -0.2) is 50.8 Å². The number of nitrogens with one attached hydrogen (secondary N) is 3. The fraction of sp³-hybridized carbons (Fsp3) is 0.423. The Balaban J connectivity index is 1.57. The highest BCUT2D eigenvalue weighted by atomic mass is 16.5. The molecule has 1 aromatic heterocycles. The number of carbonyl (C=O) groups is 1. The maximum atomic E-state index is 12.3. The predicted molar refractivity (Wildman–Crippen MR) is 130 cm³/mol. The van der Waals surface area contributed by atoms with Gasteiger partial charge in [-0.2, -0.15) is 0 Å². The summed E-state index contributed by atoms with van der Waals surface area (Å²) in [4.78, 5) is 15.9. The summed E-state index contributed by atoms with van der Waals surface area (Å²) in [5.41, 5.74) is 4.29. The Hall–Kier alpha value is -3.19. The quantitative estimate of drug-likeness (QED) is 0.478. The van der Waals surface area contributed by atoms with Gasteiger partial charge < -0.3 is 29.8 Å². The summed E-state index contributed by atoms with van der Waals surface area (Å²) in [7, 11) is 3.27. The van der Waals surface area contributed by atoms with Gasteiger partial charge in [0.15, 0.2) is 18.1 Å². The molecule has 0 aliphatic carbocycles. The second kappa shape index (κ2) is 10.2. The summed E-state index contributed by atoms with van der Waals surface area (Å²) >= 11 is 0. The summed E-state index contributed by atoms with van der Waals surface area (Å²) < 4.78 is 16.7. The van der Waals surface area contributed by atoms with Crippen molar-refractivity contribution in [1.29, 1.82) is 0 Å². The van der Waals surface area contributed by atoms with E-state index in [1.807, 2.05) is 36.4 Å². The number of carbonyl (C=O) groups excluding carboxylic acids is 1. The minimum atomic E-state index is -0.0776. The van der Waals surface area contributed by atoms with Gasteiger partial charge >= 0.3 is 0 Å². The van der Waals surface area contributed by atoms with E-state index in [4.69, 9.17) is 14.2 Å². The first-order valence-corrected chi connectivity index (χ1v) is 11.5. The highest BCUT2D eigenvalue weighted by molar-refractivity contribution is 5.92. The van der Waals surface area contributed by atoms with Crippen LogP contribution < -0.4 is 24.8 Å². The van der Waals surface area contributed by atoms with Crippen LogP contribution in [0.4, 0.5) is 0 Å². The van der Waals surface area contributed by atoms with Crippen molar-refractivity contribution in [3.8, 4) is 28.5 Å². The first-order valence-electron chi connectivity index (χ1n) is 11.5. The molecular formula is C26H33N3O4. The normalized spacial score (nSPS) is 14.5. The summed E-state index contributed by atoms with van der Waals surface area (Å²) in [6.07, 6.45) is 1.91. The molecule has 3 aromatic rings. The monoisotopic (exact) mass is 451 g/mol. The number of piperidine rings is 1. The minimum absolute atomic E-state index is 0.0133. The number of rotatable bonds is 8. The molecule has 1 aliphatic heterocycles. The predicted octanol–water partition coefficient (Wildman–Crippen LogP) is 4.22. The molecule has 0 atom stereocenters. The van der Waals surface area contributed by atoms with Gasteiger partial charge in [-0.25, -0.2) is 0 Å². The third kappa shape index (κ3) is 5.09. The molecular weight excluding hydrogens is 418 g/mol. The van der Waals surface area contributed by atoms with E-state index in [1.54, 1.807) is 14.2 Å². The molecule has 4 rings (SSSR count). The topological polar surface area (TPSA) is 84.6 Å². The Morgan fingerprint density at radius 1 is 1.06 bits per heavy atom. The SMILES string of the molecule is COc1ccc(-c2[nH]c3ccc(OCC(=O)NC4CCNCC4)cc3c2C(C)C)cc1OC. The number of H-pyrrole nitrogens is 1. The average molecular weight is 452 g/mol. The van der Waals surface area contributed by atoms with E-state index >= 15 is 0 Å². The van der Waals surface area contributed by atoms with E-state index in [0.29, 0.717) is 17.2 Å². The number of ether oxygens (including phenoxy) is 3. The molecule has 7 nitrogen and oxygen atoms in total. The molecule has 0 bridgehead atoms. The first-order chi connectivity index (χ1) is 16.0. The van der Waals surface area contributed by atoms with Gasteiger partial charge in [-0.05, 0) is 73.8 Å². The van der Waals surface area contributed by atoms with Crippen molar-refractivity contribution in [3.63, 3.8) is 0 Å². The summed E-state index contributed by atoms with van der Waals surface area (Å²) in [6.45, 7) is 6.24. The molecule has 0 unspecified atom stereocenters. The molecule has 3 N–H and O–H groups in total. The third-order valence-corrected chi connectivity index (χ3v) is 6.13. The zero-order chi connectivity index (χ0) is 23.4. The Labute approximate surface area is 194 Å². The van der Waals surface area contributed by atoms with Gasteiger partial charge in [-0.15, -0.1) is 0 Å². The smallest absolute Gasteiger partial charge is 0.258 e. The molecule has 1 saturated heterocycles. The van der Waals surface area contributed by atoms with Crippen LogP contribution in [-0.2, 0) is 4.79 Å². The van der Waals surface area contributed by atoms with Gasteiger partial charge in [-0.1, -0.05) is 13.8 Å². The molecule has 33 heavy (non-hydrogen) atoms. The lowest BCUT2D eigenvalue weighted by atomic mass is 9.96. The van der Waals surface area contributed by atoms with Crippen molar-refractivity contribution < 1.29 is 19.0 Å². The number of amides is 1. The summed E-state index contributed by atoms with van der Waals surface area (Å²) in [5, 5.41) is 7.46. The molecule has 7 heteroatoms. The van der Waals surface area contributed by atoms with E-state index in [9.17, 15) is 4.79 Å². The molecule has 1 amide bonds. The van der Waals surface area contributed by atoms with Crippen LogP contribution in [0.25, 0.3) is 22.2 Å². The lowest BCUT2D eigenvalue weighted by molar-refractivity contribution is -0.123. The van der Waals surface area contributed by atoms with E-state index < -0.39 is 0 Å². The minimum Gasteiger partial charge on any atom is -0.493 e. The van der Waals surface area contributed by atoms with Gasteiger partial charge in [0.1, 0.15) is 5.75 Å². The Morgan fingerprint density at radius 3 is 2.52 bits per heavy atom. The summed E-state index contributed by atoms with van der Waals surface area (Å²) in [6, 6.07) is 12.1. The Bertz CT molecular complexity index is 1120. The van der Waals surface area contributed by atoms with Crippen LogP contribution in [0.2, 0.25) is 0 Å². The zero-order valence-electron chi connectivity index (χ0n) is 19.8. The van der Waals surface area contributed by atoms with Crippen molar-refractivity contribution in [2.75, 3.05) is 33.9 Å². The van der Waals surface area contributed by atoms with Crippen molar-refractivity contribution in [1.82, 2.24) is 15.6 Å². The molecule has 0 spiro atoms. The molecule has 176 valence electrons. The van der Waals surface area contributed by atoms with Crippen LogP contribution >= 0.6 is 0 Å². The number of hydrogen-bond acceptors (Lipinski definition) is 5. The Kier molecular flexibility index (Phi) is 7.08. The maximum Gasteiger partial charge on any atom is 0.258 e. The van der Waals surface area contributed by atoms with Gasteiger partial charge in [0.2, 0.25) is 0 Å². The van der Waals surface area contributed by atoms with Crippen molar-refractivity contribution in [2.45, 2.75) is 38.6 Å². The van der Waals surface area contributed by atoms with E-state index in [0.717, 1.165) is 48.1 Å². The third-order valence-electron chi connectivity index (χ3n) is 6.13. The van der Waals surface area contributed by atoms with Crippen molar-refractivity contribution >= 4 is 16.8 Å². The van der Waals surface area contributed by atoms with Crippen LogP contribution in [0.15, 0.2) is 36.4 Å². The first kappa shape index (κ1) is 23.0. The number of aromatic nitrogens is 1. The number of benzene rings is 2. The van der Waals surface area contributed by atoms with Crippen LogP contribution in [0, 0.1) is 0 Å². The second-order valence-electron chi connectivity index (χ2n) is 8.73. The largest absolute Gasteiger partial charge is 0.493 e. The fourth-order valence-corrected chi connectivity index (χ4v) is 4.49. The van der Waals surface area contributed by atoms with E-state index in [1.165, 1.54) is 5.56 Å². The fourth-order valence-electron chi connectivity index (χ4n) is 4.49. The van der Waals surface area contributed by atoms with Crippen LogP contribution in [0.5, 0.6) is 17.2 Å². The van der Waals surface area contributed by atoms with E-state index in [2.05, 4.69) is 29.5 Å². The molecule has 0 radical (unpaired) electrons. The maximum absolute atomic E-state index is 12.3. The van der Waals surface area contributed by atoms with E-state index in [-0.39, 0.29) is 24.5 Å². The van der Waals surface area contributed by atoms with Crippen molar-refractivity contribution in [2.24, 2.45) is 0 Å². The Morgan fingerprint density at radius 2 is 1.82 bits per heavy atom. The van der Waals surface area contributed by atoms with Crippen LogP contribution in [0.3, 0.4) is 0 Å². The highest BCUT2D eigenvalue weighted by Crippen LogP contribution is 2.39. The molecule has 2 aromatic carbocycles. The van der Waals surface area contributed by atoms with Gasteiger partial charge in [0.25, 0.3) is 5.91 Å². The standard InChI is InChI=1S/C26H33N3O4/c1-16(2)25-20-14-19(33-15-24(30)28-18-9-11-27-12-10-18)6-7-21(20)29-26(25)17-5-8-22(31-3)23(13-17)32-4/h5-8,13-14,16,18,27,29H,9-12,15H2,1-4H3,(H,28,30). The molecule has 1 fully saturated rings. The lowest BCUT2D eigenvalue weighted by Gasteiger charge is -2.23. The van der Waals surface area contributed by atoms with Crippen molar-refractivity contribution in [3.05, 3.63) is 42.0 Å². The summed E-state index contributed by atoms with van der Waals surface area (Å²) in [5.74, 6) is 2.27. The van der Waals surface area contributed by atoms with Crippen LogP contribution in [0.1, 0.15) is 38.2 Å². The van der Waals surface area contributed by atoms with Gasteiger partial charge in [-0.3, -0.25) is 4.79 Å². The lowest BCUT2D eigenvalue weighted by Crippen LogP contribution is -2.44. The molecule has 0 saturated carbocycles. The molecule has 1 aliphatic rings. The number of fused-ring (bicyclic) bond motifs is 1. The highest BCUT2D eigenvalue weighted by Gasteiger charge is 2.19. The zero-order valence-corrected chi connectivity index (χ0v) is 19.8. The number of hydrogen-bond donors (Lipinski definition) is 3.